The van der Waals surface area contributed by atoms with E-state index in [0.29, 0.717) is 6.04 Å². The Kier molecular flexibility index (Phi) is 6.05. The first kappa shape index (κ1) is 17.2. The second-order valence-electron chi connectivity index (χ2n) is 7.33. The third kappa shape index (κ3) is 4.68. The molecule has 24 heavy (non-hydrogen) atoms. The van der Waals surface area contributed by atoms with Crippen molar-refractivity contribution >= 4 is 11.9 Å². The summed E-state index contributed by atoms with van der Waals surface area (Å²) in [5.41, 5.74) is 0.973. The van der Waals surface area contributed by atoms with Crippen molar-refractivity contribution in [2.75, 3.05) is 18.0 Å². The van der Waals surface area contributed by atoms with Crippen LogP contribution in [0.3, 0.4) is 0 Å². The van der Waals surface area contributed by atoms with E-state index in [2.05, 4.69) is 20.2 Å². The molecule has 5 nitrogen and oxygen atoms in total. The molecule has 1 saturated carbocycles. The van der Waals surface area contributed by atoms with E-state index < -0.39 is 0 Å². The zero-order valence-corrected chi connectivity index (χ0v) is 14.8. The van der Waals surface area contributed by atoms with Crippen LogP contribution in [-0.2, 0) is 4.79 Å². The zero-order valence-electron chi connectivity index (χ0n) is 14.8. The molecule has 1 aromatic heterocycles. The van der Waals surface area contributed by atoms with Crippen molar-refractivity contribution in [2.24, 2.45) is 5.92 Å². The number of aryl methyl sites for hydroxylation is 1. The van der Waals surface area contributed by atoms with Crippen molar-refractivity contribution < 1.29 is 4.79 Å². The van der Waals surface area contributed by atoms with E-state index in [4.69, 9.17) is 0 Å². The van der Waals surface area contributed by atoms with E-state index in [0.717, 1.165) is 50.4 Å². The lowest BCUT2D eigenvalue weighted by molar-refractivity contribution is -0.126. The van der Waals surface area contributed by atoms with Gasteiger partial charge in [0, 0.05) is 31.0 Å². The highest BCUT2D eigenvalue weighted by Gasteiger charge is 2.28. The monoisotopic (exact) mass is 330 g/mol. The molecule has 3 rings (SSSR count). The Morgan fingerprint density at radius 3 is 2.62 bits per heavy atom. The van der Waals surface area contributed by atoms with Crippen LogP contribution in [0, 0.1) is 12.8 Å². The Bertz CT molecular complexity index is 540. The average molecular weight is 330 g/mol. The molecular weight excluding hydrogens is 300 g/mol. The Morgan fingerprint density at radius 1 is 1.12 bits per heavy atom. The first-order valence-electron chi connectivity index (χ1n) is 9.57. The number of carbonyl (C=O) groups is 1. The van der Waals surface area contributed by atoms with Gasteiger partial charge in [0.05, 0.1) is 5.92 Å². The maximum absolute atomic E-state index is 12.7. The van der Waals surface area contributed by atoms with Crippen LogP contribution in [0.2, 0.25) is 0 Å². The minimum Gasteiger partial charge on any atom is -0.353 e. The summed E-state index contributed by atoms with van der Waals surface area (Å²) < 4.78 is 0. The van der Waals surface area contributed by atoms with Crippen molar-refractivity contribution in [1.82, 2.24) is 15.3 Å². The summed E-state index contributed by atoms with van der Waals surface area (Å²) in [7, 11) is 0. The highest BCUT2D eigenvalue weighted by Crippen LogP contribution is 2.22. The van der Waals surface area contributed by atoms with Crippen molar-refractivity contribution in [3.05, 3.63) is 18.0 Å². The van der Waals surface area contributed by atoms with Crippen LogP contribution >= 0.6 is 0 Å². The number of hydrogen-bond acceptors (Lipinski definition) is 4. The highest BCUT2D eigenvalue weighted by atomic mass is 16.2. The predicted molar refractivity (Wildman–Crippen MR) is 96.0 cm³/mol. The molecule has 1 N–H and O–H groups in total. The van der Waals surface area contributed by atoms with Crippen LogP contribution in [0.1, 0.15) is 63.5 Å². The Labute approximate surface area is 145 Å². The molecule has 1 aromatic rings. The van der Waals surface area contributed by atoms with Gasteiger partial charge in [0.25, 0.3) is 0 Å². The number of rotatable bonds is 3. The third-order valence-electron chi connectivity index (χ3n) is 5.31. The molecule has 1 aliphatic carbocycles. The van der Waals surface area contributed by atoms with Crippen LogP contribution < -0.4 is 10.2 Å². The standard InChI is InChI=1S/C19H30N4O/c1-15-11-12-20-19(21-15)23-13-7-8-16(14-23)18(24)22-17-9-5-3-2-4-6-10-17/h11-12,16-17H,2-10,13-14H2,1H3,(H,22,24)/t16-/m1/s1. The SMILES string of the molecule is Cc1ccnc(N2CCC[C@@H](C(=O)NC3CCCCCCC3)C2)n1. The topological polar surface area (TPSA) is 58.1 Å². The largest absolute Gasteiger partial charge is 0.353 e. The molecule has 132 valence electrons. The summed E-state index contributed by atoms with van der Waals surface area (Å²) in [6.07, 6.45) is 12.6. The fraction of sp³-hybridized carbons (Fsp3) is 0.737. The van der Waals surface area contributed by atoms with Crippen molar-refractivity contribution in [1.29, 1.82) is 0 Å². The van der Waals surface area contributed by atoms with Crippen molar-refractivity contribution in [3.8, 4) is 0 Å². The van der Waals surface area contributed by atoms with Gasteiger partial charge >= 0.3 is 0 Å². The summed E-state index contributed by atoms with van der Waals surface area (Å²) >= 11 is 0. The number of nitrogens with one attached hydrogen (secondary N) is 1. The maximum atomic E-state index is 12.7. The first-order valence-corrected chi connectivity index (χ1v) is 9.57. The quantitative estimate of drug-likeness (QED) is 0.924. The molecule has 0 unspecified atom stereocenters. The molecule has 0 aromatic carbocycles. The number of aromatic nitrogens is 2. The smallest absolute Gasteiger partial charge is 0.225 e. The van der Waals surface area contributed by atoms with Crippen LogP contribution in [0.15, 0.2) is 12.3 Å². The fourth-order valence-corrected chi connectivity index (χ4v) is 3.88. The van der Waals surface area contributed by atoms with Gasteiger partial charge in [0.2, 0.25) is 11.9 Å². The van der Waals surface area contributed by atoms with Gasteiger partial charge in [0.1, 0.15) is 0 Å². The van der Waals surface area contributed by atoms with Gasteiger partial charge in [-0.2, -0.15) is 0 Å². The molecule has 0 bridgehead atoms. The second kappa shape index (κ2) is 8.45. The Balaban J connectivity index is 1.56. The van der Waals surface area contributed by atoms with E-state index in [1.165, 1.54) is 32.1 Å². The van der Waals surface area contributed by atoms with E-state index in [-0.39, 0.29) is 11.8 Å². The second-order valence-corrected chi connectivity index (χ2v) is 7.33. The summed E-state index contributed by atoms with van der Waals surface area (Å²) in [4.78, 5) is 23.8. The Morgan fingerprint density at radius 2 is 1.88 bits per heavy atom. The van der Waals surface area contributed by atoms with Gasteiger partial charge in [-0.3, -0.25) is 4.79 Å². The van der Waals surface area contributed by atoms with Gasteiger partial charge in [0.15, 0.2) is 0 Å². The lowest BCUT2D eigenvalue weighted by atomic mass is 9.94. The number of piperidine rings is 1. The number of carbonyl (C=O) groups excluding carboxylic acids is 1. The van der Waals surface area contributed by atoms with Gasteiger partial charge in [-0.1, -0.05) is 32.1 Å². The molecule has 5 heteroatoms. The maximum Gasteiger partial charge on any atom is 0.225 e. The van der Waals surface area contributed by atoms with Gasteiger partial charge in [-0.25, -0.2) is 9.97 Å². The molecule has 1 saturated heterocycles. The van der Waals surface area contributed by atoms with Crippen LogP contribution in [-0.4, -0.2) is 35.0 Å². The van der Waals surface area contributed by atoms with Gasteiger partial charge < -0.3 is 10.2 Å². The molecule has 1 atom stereocenters. The lowest BCUT2D eigenvalue weighted by Crippen LogP contribution is -2.46. The van der Waals surface area contributed by atoms with Crippen molar-refractivity contribution in [3.63, 3.8) is 0 Å². The molecule has 1 aliphatic heterocycles. The molecular formula is C19H30N4O. The minimum atomic E-state index is 0.0632. The molecule has 2 fully saturated rings. The van der Waals surface area contributed by atoms with E-state index in [1.807, 2.05) is 13.0 Å². The van der Waals surface area contributed by atoms with Crippen LogP contribution in [0.25, 0.3) is 0 Å². The number of hydrogen-bond donors (Lipinski definition) is 1. The molecule has 1 amide bonds. The zero-order chi connectivity index (χ0) is 16.8. The highest BCUT2D eigenvalue weighted by molar-refractivity contribution is 5.79. The normalized spacial score (nSPS) is 23.4. The molecule has 2 heterocycles. The Hall–Kier alpha value is -1.65. The average Bonchev–Trinajstić information content (AvgIpc) is 2.57. The van der Waals surface area contributed by atoms with Gasteiger partial charge in [-0.05, 0) is 38.7 Å². The van der Waals surface area contributed by atoms with Crippen LogP contribution in [0.4, 0.5) is 5.95 Å². The van der Waals surface area contributed by atoms with E-state index in [1.54, 1.807) is 6.20 Å². The fourth-order valence-electron chi connectivity index (χ4n) is 3.88. The van der Waals surface area contributed by atoms with E-state index in [9.17, 15) is 4.79 Å². The van der Waals surface area contributed by atoms with Crippen LogP contribution in [0.5, 0.6) is 0 Å². The summed E-state index contributed by atoms with van der Waals surface area (Å²) in [6, 6.07) is 2.29. The number of nitrogens with zero attached hydrogens (tertiary/aromatic N) is 3. The van der Waals surface area contributed by atoms with Crippen molar-refractivity contribution in [2.45, 2.75) is 70.8 Å². The molecule has 0 radical (unpaired) electrons. The third-order valence-corrected chi connectivity index (χ3v) is 5.31. The number of amides is 1. The molecule has 0 spiro atoms. The van der Waals surface area contributed by atoms with Gasteiger partial charge in [-0.15, -0.1) is 0 Å². The summed E-state index contributed by atoms with van der Waals surface area (Å²) in [5, 5.41) is 3.33. The summed E-state index contributed by atoms with van der Waals surface area (Å²) in [5.74, 6) is 1.06. The first-order chi connectivity index (χ1) is 11.7. The summed E-state index contributed by atoms with van der Waals surface area (Å²) in [6.45, 7) is 3.66. The lowest BCUT2D eigenvalue weighted by Gasteiger charge is -2.33. The number of anilines is 1. The molecule has 2 aliphatic rings. The van der Waals surface area contributed by atoms with E-state index >= 15 is 0 Å². The predicted octanol–water partition coefficient (Wildman–Crippen LogP) is 3.23. The minimum absolute atomic E-state index is 0.0632.